The van der Waals surface area contributed by atoms with Gasteiger partial charge < -0.3 is 0 Å². The van der Waals surface area contributed by atoms with Crippen molar-refractivity contribution in [2.24, 2.45) is 11.8 Å². The molecule has 24 heavy (non-hydrogen) atoms. The lowest BCUT2D eigenvalue weighted by Gasteiger charge is -2.37. The molecule has 0 heterocycles. The Bertz CT molecular complexity index is 704. The molecule has 0 bridgehead atoms. The first kappa shape index (κ1) is 17.7. The minimum atomic E-state index is 0.167. The van der Waals surface area contributed by atoms with Crippen LogP contribution in [0.4, 0.5) is 0 Å². The number of rotatable bonds is 6. The molecule has 0 amide bonds. The smallest absolute Gasteiger partial charge is 0.0220 e. The molecule has 128 valence electrons. The molecule has 1 aliphatic carbocycles. The fourth-order valence-corrected chi connectivity index (χ4v) is 4.79. The van der Waals surface area contributed by atoms with Crippen molar-refractivity contribution in [1.29, 1.82) is 0 Å². The molecule has 2 aromatic carbocycles. The molecule has 1 aliphatic rings. The average Bonchev–Trinajstić information content (AvgIpc) is 2.84. The third-order valence-corrected chi connectivity index (χ3v) is 6.51. The minimum absolute atomic E-state index is 0.167. The van der Waals surface area contributed by atoms with Crippen molar-refractivity contribution in [3.05, 3.63) is 58.1 Å². The molecule has 0 radical (unpaired) electrons. The van der Waals surface area contributed by atoms with Gasteiger partial charge in [-0.3, -0.25) is 0 Å². The van der Waals surface area contributed by atoms with Crippen molar-refractivity contribution in [2.75, 3.05) is 0 Å². The van der Waals surface area contributed by atoms with E-state index in [0.29, 0.717) is 0 Å². The van der Waals surface area contributed by atoms with Crippen LogP contribution in [0.15, 0.2) is 46.9 Å². The molecule has 0 saturated heterocycles. The van der Waals surface area contributed by atoms with Gasteiger partial charge in [0, 0.05) is 9.89 Å². The first-order chi connectivity index (χ1) is 11.5. The van der Waals surface area contributed by atoms with Crippen molar-refractivity contribution in [3.63, 3.8) is 0 Å². The van der Waals surface area contributed by atoms with E-state index in [0.717, 1.165) is 11.8 Å². The summed E-state index contributed by atoms with van der Waals surface area (Å²) in [7, 11) is 0. The van der Waals surface area contributed by atoms with Crippen LogP contribution in [-0.2, 0) is 5.41 Å². The van der Waals surface area contributed by atoms with Crippen LogP contribution in [-0.4, -0.2) is 0 Å². The number of hydrogen-bond donors (Lipinski definition) is 0. The van der Waals surface area contributed by atoms with Gasteiger partial charge in [0.25, 0.3) is 0 Å². The molecule has 0 saturated carbocycles. The highest BCUT2D eigenvalue weighted by Gasteiger charge is 2.44. The summed E-state index contributed by atoms with van der Waals surface area (Å²) in [4.78, 5) is 0. The predicted molar refractivity (Wildman–Crippen MR) is 109 cm³/mol. The van der Waals surface area contributed by atoms with Crippen molar-refractivity contribution < 1.29 is 0 Å². The summed E-state index contributed by atoms with van der Waals surface area (Å²) in [6, 6.07) is 16.0. The second-order valence-corrected chi connectivity index (χ2v) is 8.67. The van der Waals surface area contributed by atoms with Crippen molar-refractivity contribution in [2.45, 2.75) is 58.8 Å². The van der Waals surface area contributed by atoms with Crippen molar-refractivity contribution in [1.82, 2.24) is 0 Å². The molecule has 2 aromatic rings. The van der Waals surface area contributed by atoms with E-state index in [4.69, 9.17) is 0 Å². The van der Waals surface area contributed by atoms with Gasteiger partial charge in [-0.05, 0) is 59.1 Å². The molecule has 2 unspecified atom stereocenters. The number of fused-ring (bicyclic) bond motifs is 3. The van der Waals surface area contributed by atoms with Crippen LogP contribution in [0.2, 0.25) is 0 Å². The fourth-order valence-electron chi connectivity index (χ4n) is 4.43. The highest BCUT2D eigenvalue weighted by atomic mass is 79.9. The maximum absolute atomic E-state index is 3.73. The zero-order valence-electron chi connectivity index (χ0n) is 15.4. The summed E-state index contributed by atoms with van der Waals surface area (Å²) in [5.74, 6) is 1.46. The third-order valence-electron chi connectivity index (χ3n) is 6.02. The molecule has 3 rings (SSSR count). The molecular weight excluding hydrogens is 356 g/mol. The van der Waals surface area contributed by atoms with Crippen LogP contribution in [0.3, 0.4) is 0 Å². The number of hydrogen-bond acceptors (Lipinski definition) is 0. The summed E-state index contributed by atoms with van der Waals surface area (Å²) in [6.07, 6.45) is 4.98. The van der Waals surface area contributed by atoms with E-state index in [1.54, 1.807) is 11.1 Å². The summed E-state index contributed by atoms with van der Waals surface area (Å²) in [6.45, 7) is 9.47. The highest BCUT2D eigenvalue weighted by Crippen LogP contribution is 2.55. The van der Waals surface area contributed by atoms with E-state index in [1.807, 2.05) is 0 Å². The fraction of sp³-hybridized carbons (Fsp3) is 0.478. The van der Waals surface area contributed by atoms with Gasteiger partial charge in [-0.15, -0.1) is 0 Å². The molecule has 0 aliphatic heterocycles. The topological polar surface area (TPSA) is 0 Å². The van der Waals surface area contributed by atoms with Gasteiger partial charge in [-0.2, -0.15) is 0 Å². The Hall–Kier alpha value is -1.08. The van der Waals surface area contributed by atoms with Gasteiger partial charge in [0.2, 0.25) is 0 Å². The van der Waals surface area contributed by atoms with E-state index >= 15 is 0 Å². The Balaban J connectivity index is 2.24. The van der Waals surface area contributed by atoms with E-state index < -0.39 is 0 Å². The Labute approximate surface area is 155 Å². The van der Waals surface area contributed by atoms with Crippen LogP contribution in [0, 0.1) is 11.8 Å². The zero-order chi connectivity index (χ0) is 17.3. The summed E-state index contributed by atoms with van der Waals surface area (Å²) < 4.78 is 1.20. The van der Waals surface area contributed by atoms with Gasteiger partial charge in [-0.25, -0.2) is 0 Å². The van der Waals surface area contributed by atoms with Crippen molar-refractivity contribution >= 4 is 15.9 Å². The standard InChI is InChI=1S/C23H29Br/c1-5-16(3)14-23(15-17(4)6-2)21-10-8-7-9-19(21)20-12-11-18(24)13-22(20)23/h7-13,16-17H,5-6,14-15H2,1-4H3. The second-order valence-electron chi connectivity index (χ2n) is 7.75. The Morgan fingerprint density at radius 2 is 1.42 bits per heavy atom. The van der Waals surface area contributed by atoms with Crippen LogP contribution < -0.4 is 0 Å². The van der Waals surface area contributed by atoms with Crippen LogP contribution in [0.25, 0.3) is 11.1 Å². The molecule has 0 fully saturated rings. The third kappa shape index (κ3) is 2.96. The predicted octanol–water partition coefficient (Wildman–Crippen LogP) is 7.59. The van der Waals surface area contributed by atoms with Crippen LogP contribution in [0.1, 0.15) is 64.5 Å². The molecular formula is C23H29Br. The van der Waals surface area contributed by atoms with E-state index in [9.17, 15) is 0 Å². The first-order valence-electron chi connectivity index (χ1n) is 9.41. The van der Waals surface area contributed by atoms with Gasteiger partial charge in [-0.1, -0.05) is 86.8 Å². The maximum atomic E-state index is 3.73. The quantitative estimate of drug-likeness (QED) is 0.480. The van der Waals surface area contributed by atoms with Crippen LogP contribution in [0.5, 0.6) is 0 Å². The van der Waals surface area contributed by atoms with Gasteiger partial charge in [0.15, 0.2) is 0 Å². The van der Waals surface area contributed by atoms with Gasteiger partial charge in [0.05, 0.1) is 0 Å². The lowest BCUT2D eigenvalue weighted by molar-refractivity contribution is 0.308. The van der Waals surface area contributed by atoms with E-state index in [-0.39, 0.29) is 5.41 Å². The summed E-state index contributed by atoms with van der Waals surface area (Å²) in [5.41, 5.74) is 6.16. The Kier molecular flexibility index (Phi) is 5.20. The molecule has 0 N–H and O–H groups in total. The highest BCUT2D eigenvalue weighted by molar-refractivity contribution is 9.10. The minimum Gasteiger partial charge on any atom is -0.0651 e. The zero-order valence-corrected chi connectivity index (χ0v) is 17.0. The second kappa shape index (κ2) is 7.04. The Morgan fingerprint density at radius 1 is 0.833 bits per heavy atom. The lowest BCUT2D eigenvalue weighted by atomic mass is 9.67. The van der Waals surface area contributed by atoms with E-state index in [1.165, 1.54) is 41.3 Å². The molecule has 0 nitrogen and oxygen atoms in total. The van der Waals surface area contributed by atoms with Gasteiger partial charge >= 0.3 is 0 Å². The summed E-state index contributed by atoms with van der Waals surface area (Å²) >= 11 is 3.73. The number of benzene rings is 2. The summed E-state index contributed by atoms with van der Waals surface area (Å²) in [5, 5.41) is 0. The normalized spacial score (nSPS) is 21.2. The molecule has 0 aromatic heterocycles. The van der Waals surface area contributed by atoms with Crippen molar-refractivity contribution in [3.8, 4) is 11.1 Å². The average molecular weight is 385 g/mol. The Morgan fingerprint density at radius 3 is 2.04 bits per heavy atom. The van der Waals surface area contributed by atoms with E-state index in [2.05, 4.69) is 86.1 Å². The number of halogens is 1. The molecule has 2 atom stereocenters. The SMILES string of the molecule is CCC(C)CC1(CC(C)CC)c2ccccc2-c2ccc(Br)cc21. The maximum Gasteiger partial charge on any atom is 0.0220 e. The largest absolute Gasteiger partial charge is 0.0651 e. The monoisotopic (exact) mass is 384 g/mol. The van der Waals surface area contributed by atoms with Gasteiger partial charge in [0.1, 0.15) is 0 Å². The first-order valence-corrected chi connectivity index (χ1v) is 10.2. The lowest BCUT2D eigenvalue weighted by Crippen LogP contribution is -2.30. The van der Waals surface area contributed by atoms with Crippen LogP contribution >= 0.6 is 15.9 Å². The molecule has 1 heteroatoms. The molecule has 0 spiro atoms.